The molecule has 0 bridgehead atoms. The van der Waals surface area contributed by atoms with Crippen molar-refractivity contribution in [1.82, 2.24) is 0 Å². The second-order valence-electron chi connectivity index (χ2n) is 40.2. The summed E-state index contributed by atoms with van der Waals surface area (Å²) in [5.41, 5.74) is -8.55. The average molecular weight is 1970 g/mol. The molecule has 33 heteroatoms. The molecule has 0 aliphatic heterocycles. The molecule has 0 N–H and O–H groups in total. The fourth-order valence-corrected chi connectivity index (χ4v) is 15.1. The number of hydrogen-bond acceptors (Lipinski definition) is 24. The molecule has 0 amide bonds. The van der Waals surface area contributed by atoms with Crippen LogP contribution in [0.1, 0.15) is 440 Å². The Labute approximate surface area is 810 Å². The molecule has 0 saturated heterocycles. The summed E-state index contributed by atoms with van der Waals surface area (Å²) in [6, 6.07) is 0. The number of esters is 8. The third-order valence-electron chi connectivity index (χ3n) is 28.4. The van der Waals surface area contributed by atoms with Crippen LogP contribution in [0, 0.1) is 50.2 Å². The van der Waals surface area contributed by atoms with Crippen LogP contribution in [0.25, 0.3) is 0 Å². The predicted octanol–water partition coefficient (Wildman–Crippen LogP) is 27.3. The van der Waals surface area contributed by atoms with Crippen molar-refractivity contribution < 1.29 is 154 Å². The van der Waals surface area contributed by atoms with E-state index in [0.717, 1.165) is 207 Å². The van der Waals surface area contributed by atoms with Crippen molar-refractivity contribution >= 4 is 47.8 Å². The van der Waals surface area contributed by atoms with Gasteiger partial charge in [0, 0.05) is 0 Å². The molecule has 0 radical (unpaired) electrons. The van der Waals surface area contributed by atoms with Gasteiger partial charge in [0.05, 0.1) is 77.4 Å². The van der Waals surface area contributed by atoms with E-state index in [2.05, 4.69) is 14.2 Å². The summed E-state index contributed by atoms with van der Waals surface area (Å²) in [5.74, 6) is -3.93. The molecule has 800 valence electrons. The summed E-state index contributed by atoms with van der Waals surface area (Å²) in [4.78, 5) is 92.2. The summed E-state index contributed by atoms with van der Waals surface area (Å²) in [7, 11) is 0. The second kappa shape index (κ2) is 69.7. The molecule has 24 nitrogen and oxygen atoms in total. The molecule has 8 rings (SSSR count). The lowest BCUT2D eigenvalue weighted by Crippen LogP contribution is -2.43. The summed E-state index contributed by atoms with van der Waals surface area (Å²) >= 11 is 0. The molecular weight excluding hydrogens is 1790 g/mol. The Balaban J connectivity index is 0.000000779. The Morgan fingerprint density at radius 2 is 0.404 bits per heavy atom. The van der Waals surface area contributed by atoms with Gasteiger partial charge in [-0.15, -0.1) is 0 Å². The van der Waals surface area contributed by atoms with Crippen LogP contribution in [-0.4, -0.2) is 170 Å². The summed E-state index contributed by atoms with van der Waals surface area (Å²) in [5, 5.41) is 0. The topological polar surface area (TPSA) is 284 Å². The summed E-state index contributed by atoms with van der Waals surface area (Å²) < 4.78 is 198. The first-order valence-electron chi connectivity index (χ1n) is 51.5. The first-order chi connectivity index (χ1) is 64.1. The molecule has 8 aliphatic rings. The number of carbonyl (C=O) groups is 8. The Hall–Kier alpha value is -5.19. The highest BCUT2D eigenvalue weighted by Gasteiger charge is 2.59. The van der Waals surface area contributed by atoms with E-state index < -0.39 is 83.9 Å². The minimum atomic E-state index is -4.61. The van der Waals surface area contributed by atoms with E-state index in [-0.39, 0.29) is 125 Å². The zero-order chi connectivity index (χ0) is 103. The fraction of sp³-hybridized carbons (Fsp3) is 0.922. The molecule has 0 aromatic heterocycles. The molecule has 5 unspecified atom stereocenters. The van der Waals surface area contributed by atoms with Gasteiger partial charge in [0.15, 0.2) is 70.6 Å². The highest BCUT2D eigenvalue weighted by atomic mass is 19.4. The van der Waals surface area contributed by atoms with Gasteiger partial charge in [0.2, 0.25) is 0 Å². The highest BCUT2D eigenvalue weighted by Crippen LogP contribution is 2.45. The van der Waals surface area contributed by atoms with Gasteiger partial charge in [-0.25, -0.2) is 0 Å². The Bertz CT molecular complexity index is 3160. The van der Waals surface area contributed by atoms with Gasteiger partial charge in [-0.2, -0.15) is 39.5 Å². The van der Waals surface area contributed by atoms with Crippen LogP contribution in [0.3, 0.4) is 0 Å². The smallest absolute Gasteiger partial charge is 0.404 e. The van der Waals surface area contributed by atoms with Crippen LogP contribution in [0.15, 0.2) is 0 Å². The van der Waals surface area contributed by atoms with Gasteiger partial charge in [-0.3, -0.25) is 38.4 Å². The normalized spacial score (nSPS) is 19.7. The molecule has 8 saturated carbocycles. The van der Waals surface area contributed by atoms with E-state index in [1.165, 1.54) is 130 Å². The predicted molar refractivity (Wildman–Crippen MR) is 500 cm³/mol. The van der Waals surface area contributed by atoms with Crippen LogP contribution in [-0.2, 0) is 114 Å². The summed E-state index contributed by atoms with van der Waals surface area (Å²) in [6.45, 7) is 31.8. The molecule has 5 atom stereocenters. The number of carbonyl (C=O) groups excluding carboxylic acids is 8. The molecule has 0 heterocycles. The number of alkyl halides is 9. The van der Waals surface area contributed by atoms with Crippen molar-refractivity contribution in [2.75, 3.05) is 61.0 Å². The number of hydrogen-bond donors (Lipinski definition) is 0. The molecule has 0 spiro atoms. The van der Waals surface area contributed by atoms with E-state index in [1.54, 1.807) is 0 Å². The van der Waals surface area contributed by atoms with E-state index in [0.29, 0.717) is 24.2 Å². The third-order valence-corrected chi connectivity index (χ3v) is 28.4. The molecule has 0 aromatic carbocycles. The Morgan fingerprint density at radius 3 is 0.588 bits per heavy atom. The van der Waals surface area contributed by atoms with Crippen LogP contribution >= 0.6 is 0 Å². The number of ether oxygens (including phenoxy) is 16. The SMILES string of the molecule is CCC(C)(C(=O)OCOC1CCCC1)C(F)(F)F.CCC(C)(C(=O)OCOC1CCCCC1)C(F)(F)F.CCC(C)(C(=O)OCOC1CCCCCC1)C(F)(F)F.CCC(C)(C)C(=O)OCOC1CCCC1.CCC(C)(C)C(=O)OCOC1CCCCCC1.CCC(C)(C)C(=O)OCOCC1CCCCC1.CCC(C)C(=O)OCOC1CCCC1.CCC(C)C(=O)OCOC1CCCCCC1. The Kier molecular flexibility index (Phi) is 66.0. The number of halogens is 9. The van der Waals surface area contributed by atoms with Crippen molar-refractivity contribution in [2.45, 2.75) is 501 Å². The maximum atomic E-state index is 12.8. The Morgan fingerprint density at radius 1 is 0.235 bits per heavy atom. The van der Waals surface area contributed by atoms with Gasteiger partial charge in [0.1, 0.15) is 0 Å². The van der Waals surface area contributed by atoms with Crippen molar-refractivity contribution in [3.05, 3.63) is 0 Å². The van der Waals surface area contributed by atoms with Gasteiger partial charge >= 0.3 is 66.3 Å². The third kappa shape index (κ3) is 52.2. The van der Waals surface area contributed by atoms with Crippen LogP contribution < -0.4 is 0 Å². The maximum absolute atomic E-state index is 12.8. The van der Waals surface area contributed by atoms with Gasteiger partial charge in [-0.05, 0) is 222 Å². The molecule has 8 aliphatic carbocycles. The lowest BCUT2D eigenvalue weighted by Gasteiger charge is -2.29. The zero-order valence-corrected chi connectivity index (χ0v) is 86.8. The average Bonchev–Trinajstić information content (AvgIpc) is 0.848. The quantitative estimate of drug-likeness (QED) is 0.0137. The van der Waals surface area contributed by atoms with Crippen LogP contribution in [0.4, 0.5) is 39.5 Å². The van der Waals surface area contributed by atoms with Gasteiger partial charge in [-0.1, -0.05) is 223 Å². The van der Waals surface area contributed by atoms with Crippen LogP contribution in [0.2, 0.25) is 0 Å². The minimum Gasteiger partial charge on any atom is -0.438 e. The minimum absolute atomic E-state index is 0.000296. The molecule has 0 aromatic rings. The van der Waals surface area contributed by atoms with Crippen molar-refractivity contribution in [3.63, 3.8) is 0 Å². The lowest BCUT2D eigenvalue weighted by molar-refractivity contribution is -0.238. The van der Waals surface area contributed by atoms with Crippen LogP contribution in [0.5, 0.6) is 0 Å². The van der Waals surface area contributed by atoms with E-state index in [1.807, 2.05) is 90.0 Å². The highest BCUT2D eigenvalue weighted by molar-refractivity contribution is 5.79. The number of rotatable bonds is 41. The van der Waals surface area contributed by atoms with Crippen molar-refractivity contribution in [2.24, 2.45) is 50.2 Å². The van der Waals surface area contributed by atoms with Crippen molar-refractivity contribution in [3.8, 4) is 0 Å². The second-order valence-corrected chi connectivity index (χ2v) is 40.2. The first-order valence-corrected chi connectivity index (χ1v) is 51.5. The van der Waals surface area contributed by atoms with E-state index >= 15 is 0 Å². The zero-order valence-electron chi connectivity index (χ0n) is 86.8. The van der Waals surface area contributed by atoms with E-state index in [4.69, 9.17) is 61.6 Å². The van der Waals surface area contributed by atoms with E-state index in [9.17, 15) is 77.9 Å². The lowest BCUT2D eigenvalue weighted by atomic mass is 9.87. The molecular formula is C103H181F9O24. The maximum Gasteiger partial charge on any atom is 0.404 e. The fourth-order valence-electron chi connectivity index (χ4n) is 15.1. The molecule has 8 fully saturated rings. The first kappa shape index (κ1) is 129. The molecule has 136 heavy (non-hydrogen) atoms. The van der Waals surface area contributed by atoms with Crippen molar-refractivity contribution in [1.29, 1.82) is 0 Å². The van der Waals surface area contributed by atoms with Gasteiger partial charge in [0.25, 0.3) is 0 Å². The standard InChI is InChI=1S/C14H23F3O3.2C14H26O3.C13H21F3O3.C13H24O3.C12H19F3O3.C12H22O3.C11H20O3/c1-3-13(2,14(15,16)17)12(18)20-10-19-11-8-6-4-5-7-9-11;1-4-14(2,3)13(15)17-11-16-10-12-8-6-5-7-9-12;1-4-14(2,3)13(15)17-11-16-12-9-7-5-6-8-10-12;1-3-12(2,13(14,15)16)11(17)19-9-18-10-7-5-4-6-8-10;1-3-11(2)13(14)16-10-15-12-8-6-4-5-7-9-12;1-3-11(2,12(13,14)15)10(16)18-8-17-9-6-4-5-7-9;1-4-12(2,3)11(13)15-9-14-10-7-5-6-8-10;1-3-9(2)11(12)14-8-13-10-6-4-5-7-10/h11H,3-10H2,1-2H3;2*12H,4-11H2,1-3H3;10H,3-9H2,1-2H3;11-12H,3-10H2,1-2H3;9H,3-8H2,1-2H3;10H,4-9H2,1-3H3;9-10H,3-8H2,1-2H3. The largest absolute Gasteiger partial charge is 0.438 e. The monoisotopic (exact) mass is 1970 g/mol. The van der Waals surface area contributed by atoms with Gasteiger partial charge < -0.3 is 75.8 Å². The summed E-state index contributed by atoms with van der Waals surface area (Å²) in [6.07, 6.45) is 35.9.